The third kappa shape index (κ3) is 4.97. The number of carbonyl (C=O) groups excluding carboxylic acids is 2. The summed E-state index contributed by atoms with van der Waals surface area (Å²) >= 11 is 0. The zero-order valence-electron chi connectivity index (χ0n) is 16.9. The van der Waals surface area contributed by atoms with E-state index in [9.17, 15) is 9.59 Å². The van der Waals surface area contributed by atoms with E-state index in [1.807, 2.05) is 56.0 Å². The van der Waals surface area contributed by atoms with E-state index in [0.29, 0.717) is 32.5 Å². The zero-order valence-corrected chi connectivity index (χ0v) is 16.9. The van der Waals surface area contributed by atoms with E-state index in [2.05, 4.69) is 10.3 Å². The molecular formula is C21H28N4O3. The maximum Gasteiger partial charge on any atom is 0.283 e. The number of likely N-dealkylation sites (tertiary alicyclic amines) is 1. The number of amides is 2. The molecule has 7 heteroatoms. The minimum absolute atomic E-state index is 0.125. The summed E-state index contributed by atoms with van der Waals surface area (Å²) in [4.78, 5) is 31.7. The highest BCUT2D eigenvalue weighted by Gasteiger charge is 2.29. The van der Waals surface area contributed by atoms with Gasteiger partial charge in [-0.1, -0.05) is 56.3 Å². The molecule has 2 amide bonds. The molecule has 0 saturated carbocycles. The molecule has 1 aromatic carbocycles. The molecule has 0 aromatic heterocycles. The van der Waals surface area contributed by atoms with Crippen LogP contribution in [0.5, 0.6) is 0 Å². The Balaban J connectivity index is 1.45. The second-order valence-corrected chi connectivity index (χ2v) is 8.15. The lowest BCUT2D eigenvalue weighted by Crippen LogP contribution is -2.44. The van der Waals surface area contributed by atoms with Crippen LogP contribution in [0.2, 0.25) is 0 Å². The third-order valence-corrected chi connectivity index (χ3v) is 4.85. The van der Waals surface area contributed by atoms with Crippen LogP contribution in [-0.2, 0) is 14.4 Å². The van der Waals surface area contributed by atoms with Gasteiger partial charge in [0.1, 0.15) is 0 Å². The van der Waals surface area contributed by atoms with Gasteiger partial charge in [-0.2, -0.15) is 5.10 Å². The fourth-order valence-corrected chi connectivity index (χ4v) is 3.26. The number of benzene rings is 1. The SMILES string of the molecule is CC(C)(C)C(=O)N1CCC(=NOCC(=O)N2CCC(c3ccccc3)=N2)CC1. The second-order valence-electron chi connectivity index (χ2n) is 8.15. The summed E-state index contributed by atoms with van der Waals surface area (Å²) in [6, 6.07) is 9.86. The molecule has 3 rings (SSSR count). The molecule has 7 nitrogen and oxygen atoms in total. The summed E-state index contributed by atoms with van der Waals surface area (Å²) in [6.07, 6.45) is 2.09. The van der Waals surface area contributed by atoms with Crippen LogP contribution in [0.3, 0.4) is 0 Å². The Morgan fingerprint density at radius 2 is 1.75 bits per heavy atom. The van der Waals surface area contributed by atoms with Crippen molar-refractivity contribution in [3.63, 3.8) is 0 Å². The number of oxime groups is 1. The van der Waals surface area contributed by atoms with E-state index < -0.39 is 0 Å². The summed E-state index contributed by atoms with van der Waals surface area (Å²) < 4.78 is 0. The van der Waals surface area contributed by atoms with E-state index in [1.54, 1.807) is 0 Å². The Morgan fingerprint density at radius 1 is 1.07 bits per heavy atom. The molecule has 1 saturated heterocycles. The second kappa shape index (κ2) is 8.54. The Labute approximate surface area is 166 Å². The van der Waals surface area contributed by atoms with Crippen LogP contribution in [0.25, 0.3) is 0 Å². The van der Waals surface area contributed by atoms with Crippen LogP contribution in [0.1, 0.15) is 45.6 Å². The van der Waals surface area contributed by atoms with Gasteiger partial charge in [-0.05, 0) is 5.56 Å². The molecule has 2 heterocycles. The summed E-state index contributed by atoms with van der Waals surface area (Å²) in [5, 5.41) is 9.97. The van der Waals surface area contributed by atoms with Crippen molar-refractivity contribution in [3.05, 3.63) is 35.9 Å². The highest BCUT2D eigenvalue weighted by Crippen LogP contribution is 2.20. The first-order valence-electron chi connectivity index (χ1n) is 9.75. The van der Waals surface area contributed by atoms with E-state index in [-0.39, 0.29) is 23.8 Å². The van der Waals surface area contributed by atoms with Gasteiger partial charge >= 0.3 is 0 Å². The van der Waals surface area contributed by atoms with Crippen LogP contribution in [0.15, 0.2) is 40.6 Å². The summed E-state index contributed by atoms with van der Waals surface area (Å²) in [7, 11) is 0. The normalized spacial score (nSPS) is 17.4. The summed E-state index contributed by atoms with van der Waals surface area (Å²) in [5.41, 5.74) is 2.47. The van der Waals surface area contributed by atoms with Crippen molar-refractivity contribution in [1.29, 1.82) is 0 Å². The highest BCUT2D eigenvalue weighted by atomic mass is 16.6. The third-order valence-electron chi connectivity index (χ3n) is 4.85. The van der Waals surface area contributed by atoms with Gasteiger partial charge < -0.3 is 9.74 Å². The lowest BCUT2D eigenvalue weighted by atomic mass is 9.93. The van der Waals surface area contributed by atoms with Gasteiger partial charge in [-0.25, -0.2) is 5.01 Å². The average molecular weight is 384 g/mol. The van der Waals surface area contributed by atoms with Gasteiger partial charge in [0.25, 0.3) is 5.91 Å². The van der Waals surface area contributed by atoms with Crippen molar-refractivity contribution < 1.29 is 14.4 Å². The van der Waals surface area contributed by atoms with Crippen molar-refractivity contribution >= 4 is 23.2 Å². The lowest BCUT2D eigenvalue weighted by molar-refractivity contribution is -0.139. The molecule has 150 valence electrons. The largest absolute Gasteiger partial charge is 0.386 e. The van der Waals surface area contributed by atoms with Gasteiger partial charge in [0.05, 0.1) is 18.0 Å². The predicted octanol–water partition coefficient (Wildman–Crippen LogP) is 2.66. The smallest absolute Gasteiger partial charge is 0.283 e. The van der Waals surface area contributed by atoms with E-state index in [4.69, 9.17) is 4.84 Å². The first kappa shape index (κ1) is 20.0. The Hall–Kier alpha value is -2.70. The Bertz CT molecular complexity index is 771. The molecular weight excluding hydrogens is 356 g/mol. The molecule has 28 heavy (non-hydrogen) atoms. The number of nitrogens with zero attached hydrogens (tertiary/aromatic N) is 4. The molecule has 0 spiro atoms. The molecule has 2 aliphatic heterocycles. The summed E-state index contributed by atoms with van der Waals surface area (Å²) in [6.45, 7) is 7.51. The van der Waals surface area contributed by atoms with Gasteiger partial charge in [-0.15, -0.1) is 0 Å². The fourth-order valence-electron chi connectivity index (χ4n) is 3.26. The van der Waals surface area contributed by atoms with Crippen LogP contribution >= 0.6 is 0 Å². The standard InChI is InChI=1S/C21H28N4O3/c1-21(2,3)20(27)24-12-9-17(10-13-24)23-28-15-19(26)25-14-11-18(22-25)16-7-5-4-6-8-16/h4-8H,9-15H2,1-3H3. The maximum atomic E-state index is 12.3. The van der Waals surface area contributed by atoms with Crippen molar-refractivity contribution in [2.45, 2.75) is 40.0 Å². The molecule has 0 atom stereocenters. The topological polar surface area (TPSA) is 74.6 Å². The lowest BCUT2D eigenvalue weighted by Gasteiger charge is -2.32. The first-order valence-corrected chi connectivity index (χ1v) is 9.75. The molecule has 0 unspecified atom stereocenters. The number of hydrazone groups is 1. The quantitative estimate of drug-likeness (QED) is 0.749. The van der Waals surface area contributed by atoms with Crippen molar-refractivity contribution in [3.8, 4) is 0 Å². The summed E-state index contributed by atoms with van der Waals surface area (Å²) in [5.74, 6) is -0.0422. The number of rotatable bonds is 4. The van der Waals surface area contributed by atoms with Crippen molar-refractivity contribution in [2.24, 2.45) is 15.7 Å². The van der Waals surface area contributed by atoms with Gasteiger partial charge in [-0.3, -0.25) is 9.59 Å². The Kier molecular flexibility index (Phi) is 6.11. The molecule has 0 radical (unpaired) electrons. The highest BCUT2D eigenvalue weighted by molar-refractivity contribution is 6.02. The zero-order chi connectivity index (χ0) is 20.1. The van der Waals surface area contributed by atoms with E-state index in [1.165, 1.54) is 5.01 Å². The van der Waals surface area contributed by atoms with Crippen molar-refractivity contribution in [2.75, 3.05) is 26.2 Å². The average Bonchev–Trinajstić information content (AvgIpc) is 3.18. The molecule has 0 aliphatic carbocycles. The van der Waals surface area contributed by atoms with Crippen LogP contribution in [0, 0.1) is 5.41 Å². The molecule has 0 bridgehead atoms. The molecule has 2 aliphatic rings. The monoisotopic (exact) mass is 384 g/mol. The van der Waals surface area contributed by atoms with Gasteiger partial charge in [0.2, 0.25) is 5.91 Å². The van der Waals surface area contributed by atoms with E-state index in [0.717, 1.165) is 23.4 Å². The van der Waals surface area contributed by atoms with E-state index >= 15 is 0 Å². The van der Waals surface area contributed by atoms with Gasteiger partial charge in [0, 0.05) is 37.8 Å². The number of hydrogen-bond donors (Lipinski definition) is 0. The minimum Gasteiger partial charge on any atom is -0.386 e. The Morgan fingerprint density at radius 3 is 2.39 bits per heavy atom. The number of hydrogen-bond acceptors (Lipinski definition) is 5. The molecule has 0 N–H and O–H groups in total. The van der Waals surface area contributed by atoms with Crippen LogP contribution in [0.4, 0.5) is 0 Å². The van der Waals surface area contributed by atoms with Crippen LogP contribution in [-0.4, -0.2) is 59.4 Å². The number of piperidine rings is 1. The van der Waals surface area contributed by atoms with Crippen molar-refractivity contribution in [1.82, 2.24) is 9.91 Å². The fraction of sp³-hybridized carbons (Fsp3) is 0.524. The van der Waals surface area contributed by atoms with Gasteiger partial charge in [0.15, 0.2) is 6.61 Å². The first-order chi connectivity index (χ1) is 13.3. The molecule has 1 aromatic rings. The molecule has 1 fully saturated rings. The number of carbonyl (C=O) groups is 2. The minimum atomic E-state index is -0.369. The maximum absolute atomic E-state index is 12.3. The predicted molar refractivity (Wildman–Crippen MR) is 108 cm³/mol. The van der Waals surface area contributed by atoms with Crippen LogP contribution < -0.4 is 0 Å².